The second kappa shape index (κ2) is 6.00. The lowest BCUT2D eigenvalue weighted by molar-refractivity contribution is 0.0471. The maximum absolute atomic E-state index is 13.2. The summed E-state index contributed by atoms with van der Waals surface area (Å²) in [7, 11) is 0. The van der Waals surface area contributed by atoms with Crippen molar-refractivity contribution < 1.29 is 18.3 Å². The van der Waals surface area contributed by atoms with Gasteiger partial charge in [-0.3, -0.25) is 0 Å². The van der Waals surface area contributed by atoms with Gasteiger partial charge in [-0.05, 0) is 36.4 Å². The molecule has 0 spiro atoms. The van der Waals surface area contributed by atoms with Crippen LogP contribution in [-0.2, 0) is 11.3 Å². The van der Waals surface area contributed by atoms with Gasteiger partial charge in [-0.1, -0.05) is 15.9 Å². The average Bonchev–Trinajstić information content (AvgIpc) is 2.42. The topological polar surface area (TPSA) is 52.3 Å². The molecule has 104 valence electrons. The van der Waals surface area contributed by atoms with Crippen LogP contribution in [0, 0.1) is 11.6 Å². The van der Waals surface area contributed by atoms with E-state index in [1.54, 1.807) is 0 Å². The zero-order valence-electron chi connectivity index (χ0n) is 10.2. The maximum atomic E-state index is 13.2. The second-order valence-corrected chi connectivity index (χ2v) is 4.90. The number of hydrogen-bond donors (Lipinski definition) is 1. The Balaban J connectivity index is 2.08. The van der Waals surface area contributed by atoms with Crippen LogP contribution in [0.2, 0.25) is 0 Å². The molecular formula is C14H10BrF2NO2. The summed E-state index contributed by atoms with van der Waals surface area (Å²) in [6.45, 7) is -0.122. The lowest BCUT2D eigenvalue weighted by Gasteiger charge is -2.07. The zero-order valence-corrected chi connectivity index (χ0v) is 11.8. The number of carbonyl (C=O) groups excluding carboxylic acids is 1. The number of carbonyl (C=O) groups is 1. The van der Waals surface area contributed by atoms with Crippen LogP contribution in [0.4, 0.5) is 14.5 Å². The molecule has 0 fully saturated rings. The fraction of sp³-hybridized carbons (Fsp3) is 0.0714. The molecule has 0 saturated heterocycles. The van der Waals surface area contributed by atoms with Crippen molar-refractivity contribution in [3.63, 3.8) is 0 Å². The van der Waals surface area contributed by atoms with Gasteiger partial charge in [-0.2, -0.15) is 0 Å². The van der Waals surface area contributed by atoms with Gasteiger partial charge in [0.15, 0.2) is 0 Å². The Labute approximate surface area is 122 Å². The van der Waals surface area contributed by atoms with Crippen LogP contribution in [0.25, 0.3) is 0 Å². The Morgan fingerprint density at radius 1 is 1.20 bits per heavy atom. The van der Waals surface area contributed by atoms with Gasteiger partial charge in [-0.15, -0.1) is 0 Å². The fourth-order valence-electron chi connectivity index (χ4n) is 1.53. The Kier molecular flexibility index (Phi) is 4.34. The third-order valence-electron chi connectivity index (χ3n) is 2.60. The summed E-state index contributed by atoms with van der Waals surface area (Å²) in [6.07, 6.45) is 0. The number of hydrogen-bond acceptors (Lipinski definition) is 3. The highest BCUT2D eigenvalue weighted by Crippen LogP contribution is 2.19. The summed E-state index contributed by atoms with van der Waals surface area (Å²) in [5.74, 6) is -1.83. The summed E-state index contributed by atoms with van der Waals surface area (Å²) in [6, 6.07) is 7.69. The Hall–Kier alpha value is -1.95. The van der Waals surface area contributed by atoms with Crippen molar-refractivity contribution in [3.8, 4) is 0 Å². The predicted octanol–water partition coefficient (Wildman–Crippen LogP) is 3.67. The van der Waals surface area contributed by atoms with E-state index in [1.807, 2.05) is 0 Å². The van der Waals surface area contributed by atoms with Gasteiger partial charge < -0.3 is 10.5 Å². The number of benzene rings is 2. The standard InChI is InChI=1S/C14H10BrF2NO2/c15-11-3-2-10(16)5-9(11)7-20-14(19)8-1-4-13(18)12(17)6-8/h1-6H,7,18H2. The Morgan fingerprint density at radius 2 is 1.95 bits per heavy atom. The summed E-state index contributed by atoms with van der Waals surface area (Å²) in [5, 5.41) is 0. The van der Waals surface area contributed by atoms with E-state index >= 15 is 0 Å². The van der Waals surface area contributed by atoms with Crippen molar-refractivity contribution >= 4 is 27.6 Å². The van der Waals surface area contributed by atoms with E-state index in [0.29, 0.717) is 10.0 Å². The smallest absolute Gasteiger partial charge is 0.338 e. The number of anilines is 1. The van der Waals surface area contributed by atoms with Gasteiger partial charge in [0.05, 0.1) is 11.3 Å². The first-order chi connectivity index (χ1) is 9.47. The first kappa shape index (κ1) is 14.5. The van der Waals surface area contributed by atoms with Crippen LogP contribution in [0.15, 0.2) is 40.9 Å². The molecule has 0 unspecified atom stereocenters. The number of rotatable bonds is 3. The summed E-state index contributed by atoms with van der Waals surface area (Å²) < 4.78 is 31.9. The van der Waals surface area contributed by atoms with Crippen molar-refractivity contribution in [2.75, 3.05) is 5.73 Å². The molecule has 6 heteroatoms. The molecule has 20 heavy (non-hydrogen) atoms. The predicted molar refractivity (Wildman–Crippen MR) is 74.0 cm³/mol. The highest BCUT2D eigenvalue weighted by Gasteiger charge is 2.11. The van der Waals surface area contributed by atoms with E-state index in [0.717, 1.165) is 6.07 Å². The largest absolute Gasteiger partial charge is 0.457 e. The molecule has 2 N–H and O–H groups in total. The molecule has 0 bridgehead atoms. The number of nitrogen functional groups attached to an aromatic ring is 1. The van der Waals surface area contributed by atoms with Crippen molar-refractivity contribution in [1.82, 2.24) is 0 Å². The SMILES string of the molecule is Nc1ccc(C(=O)OCc2cc(F)ccc2Br)cc1F. The van der Waals surface area contributed by atoms with Crippen LogP contribution in [0.1, 0.15) is 15.9 Å². The van der Waals surface area contributed by atoms with Gasteiger partial charge in [0.2, 0.25) is 0 Å². The van der Waals surface area contributed by atoms with Crippen molar-refractivity contribution in [3.05, 3.63) is 63.6 Å². The normalized spacial score (nSPS) is 10.3. The molecule has 2 aromatic carbocycles. The number of ether oxygens (including phenoxy) is 1. The molecule has 0 aliphatic heterocycles. The molecule has 0 radical (unpaired) electrons. The highest BCUT2D eigenvalue weighted by molar-refractivity contribution is 9.10. The third-order valence-corrected chi connectivity index (χ3v) is 3.38. The first-order valence-electron chi connectivity index (χ1n) is 5.63. The zero-order chi connectivity index (χ0) is 14.7. The number of halogens is 3. The molecular weight excluding hydrogens is 332 g/mol. The van der Waals surface area contributed by atoms with E-state index in [2.05, 4.69) is 15.9 Å². The van der Waals surface area contributed by atoms with Gasteiger partial charge in [-0.25, -0.2) is 13.6 Å². The molecule has 2 aromatic rings. The van der Waals surface area contributed by atoms with Crippen LogP contribution in [-0.4, -0.2) is 5.97 Å². The van der Waals surface area contributed by atoms with Crippen molar-refractivity contribution in [2.24, 2.45) is 0 Å². The second-order valence-electron chi connectivity index (χ2n) is 4.05. The summed E-state index contributed by atoms with van der Waals surface area (Å²) in [5.41, 5.74) is 5.79. The Bertz CT molecular complexity index is 662. The molecule has 0 saturated carbocycles. The average molecular weight is 342 g/mol. The van der Waals surface area contributed by atoms with Crippen LogP contribution in [0.5, 0.6) is 0 Å². The van der Waals surface area contributed by atoms with Gasteiger partial charge in [0.25, 0.3) is 0 Å². The molecule has 3 nitrogen and oxygen atoms in total. The van der Waals surface area contributed by atoms with E-state index in [9.17, 15) is 13.6 Å². The first-order valence-corrected chi connectivity index (χ1v) is 6.43. The highest BCUT2D eigenvalue weighted by atomic mass is 79.9. The van der Waals surface area contributed by atoms with E-state index in [-0.39, 0.29) is 17.9 Å². The molecule has 0 heterocycles. The molecule has 0 amide bonds. The van der Waals surface area contributed by atoms with Crippen LogP contribution >= 0.6 is 15.9 Å². The minimum atomic E-state index is -0.708. The summed E-state index contributed by atoms with van der Waals surface area (Å²) in [4.78, 5) is 11.7. The number of esters is 1. The van der Waals surface area contributed by atoms with Gasteiger partial charge in [0.1, 0.15) is 18.2 Å². The minimum absolute atomic E-state index is 0.0456. The quantitative estimate of drug-likeness (QED) is 0.684. The van der Waals surface area contributed by atoms with Crippen molar-refractivity contribution in [1.29, 1.82) is 0 Å². The number of nitrogens with two attached hydrogens (primary N) is 1. The maximum Gasteiger partial charge on any atom is 0.338 e. The molecule has 0 atom stereocenters. The third kappa shape index (κ3) is 3.33. The van der Waals surface area contributed by atoms with Crippen molar-refractivity contribution in [2.45, 2.75) is 6.61 Å². The minimum Gasteiger partial charge on any atom is -0.457 e. The summed E-state index contributed by atoms with van der Waals surface area (Å²) >= 11 is 3.22. The van der Waals surface area contributed by atoms with E-state index < -0.39 is 17.6 Å². The van der Waals surface area contributed by atoms with E-state index in [4.69, 9.17) is 10.5 Å². The molecule has 0 aliphatic rings. The fourth-order valence-corrected chi connectivity index (χ4v) is 1.90. The molecule has 2 rings (SSSR count). The Morgan fingerprint density at radius 3 is 2.65 bits per heavy atom. The van der Waals surface area contributed by atoms with Gasteiger partial charge in [0, 0.05) is 10.0 Å². The van der Waals surface area contributed by atoms with Gasteiger partial charge >= 0.3 is 5.97 Å². The molecule has 0 aromatic heterocycles. The van der Waals surface area contributed by atoms with Crippen LogP contribution in [0.3, 0.4) is 0 Å². The lowest BCUT2D eigenvalue weighted by atomic mass is 10.2. The van der Waals surface area contributed by atoms with Crippen LogP contribution < -0.4 is 5.73 Å². The molecule has 0 aliphatic carbocycles. The van der Waals surface area contributed by atoms with E-state index in [1.165, 1.54) is 30.3 Å². The lowest BCUT2D eigenvalue weighted by Crippen LogP contribution is -2.07. The monoisotopic (exact) mass is 341 g/mol.